The van der Waals surface area contributed by atoms with Gasteiger partial charge in [0, 0.05) is 16.5 Å². The third kappa shape index (κ3) is 3.90. The van der Waals surface area contributed by atoms with Crippen molar-refractivity contribution in [2.75, 3.05) is 0 Å². The van der Waals surface area contributed by atoms with Crippen LogP contribution in [0, 0.1) is 11.8 Å². The SMILES string of the molecule is O=C(C[C@@H]1CCC[C@H](C(=O)O)C1)c1ccc(Br)cc1. The molecule has 0 saturated heterocycles. The lowest BCUT2D eigenvalue weighted by Gasteiger charge is -2.26. The molecule has 1 aromatic carbocycles. The van der Waals surface area contributed by atoms with Gasteiger partial charge in [-0.05, 0) is 37.3 Å². The molecular weight excluding hydrogens is 308 g/mol. The van der Waals surface area contributed by atoms with Crippen LogP contribution in [0.15, 0.2) is 28.7 Å². The van der Waals surface area contributed by atoms with E-state index in [2.05, 4.69) is 15.9 Å². The molecule has 0 aliphatic heterocycles. The Morgan fingerprint density at radius 2 is 1.89 bits per heavy atom. The van der Waals surface area contributed by atoms with Crippen molar-refractivity contribution in [1.82, 2.24) is 0 Å². The zero-order chi connectivity index (χ0) is 13.8. The minimum absolute atomic E-state index is 0.114. The fraction of sp³-hybridized carbons (Fsp3) is 0.467. The summed E-state index contributed by atoms with van der Waals surface area (Å²) in [6, 6.07) is 7.33. The minimum atomic E-state index is -0.721. The molecule has 19 heavy (non-hydrogen) atoms. The molecular formula is C15H17BrO3. The van der Waals surface area contributed by atoms with E-state index in [1.54, 1.807) is 0 Å². The highest BCUT2D eigenvalue weighted by Crippen LogP contribution is 2.32. The van der Waals surface area contributed by atoms with Crippen LogP contribution in [0.5, 0.6) is 0 Å². The number of carbonyl (C=O) groups excluding carboxylic acids is 1. The Kier molecular flexibility index (Phi) is 4.75. The topological polar surface area (TPSA) is 54.4 Å². The van der Waals surface area contributed by atoms with Gasteiger partial charge in [0.1, 0.15) is 0 Å². The van der Waals surface area contributed by atoms with Crippen LogP contribution in [0.25, 0.3) is 0 Å². The van der Waals surface area contributed by atoms with Crippen molar-refractivity contribution >= 4 is 27.7 Å². The lowest BCUT2D eigenvalue weighted by molar-refractivity contribution is -0.143. The fourth-order valence-corrected chi connectivity index (χ4v) is 2.98. The monoisotopic (exact) mass is 324 g/mol. The number of hydrogen-bond acceptors (Lipinski definition) is 2. The number of ketones is 1. The highest BCUT2D eigenvalue weighted by atomic mass is 79.9. The van der Waals surface area contributed by atoms with E-state index in [-0.39, 0.29) is 17.6 Å². The van der Waals surface area contributed by atoms with Crippen molar-refractivity contribution in [2.24, 2.45) is 11.8 Å². The molecule has 2 rings (SSSR count). The summed E-state index contributed by atoms with van der Waals surface area (Å²) in [5.74, 6) is -0.660. The van der Waals surface area contributed by atoms with Gasteiger partial charge in [-0.25, -0.2) is 0 Å². The third-order valence-electron chi connectivity index (χ3n) is 3.77. The van der Waals surface area contributed by atoms with E-state index in [0.717, 1.165) is 23.7 Å². The number of hydrogen-bond donors (Lipinski definition) is 1. The zero-order valence-electron chi connectivity index (χ0n) is 10.6. The molecule has 0 heterocycles. The highest BCUT2D eigenvalue weighted by molar-refractivity contribution is 9.10. The first-order chi connectivity index (χ1) is 9.06. The number of Topliss-reactive ketones (excluding diaryl/α,β-unsaturated/α-hetero) is 1. The number of carbonyl (C=O) groups is 2. The molecule has 0 aromatic heterocycles. The van der Waals surface area contributed by atoms with Gasteiger partial charge in [0.2, 0.25) is 0 Å². The summed E-state index contributed by atoms with van der Waals surface area (Å²) in [6.07, 6.45) is 3.72. The average Bonchev–Trinajstić information content (AvgIpc) is 2.39. The first kappa shape index (κ1) is 14.3. The van der Waals surface area contributed by atoms with E-state index in [1.165, 1.54) is 0 Å². The summed E-state index contributed by atoms with van der Waals surface area (Å²) in [7, 11) is 0. The maximum atomic E-state index is 12.1. The summed E-state index contributed by atoms with van der Waals surface area (Å²) in [5, 5.41) is 9.05. The Bertz CT molecular complexity index is 467. The first-order valence-corrected chi connectivity index (χ1v) is 7.37. The molecule has 1 aromatic rings. The fourth-order valence-electron chi connectivity index (χ4n) is 2.72. The first-order valence-electron chi connectivity index (χ1n) is 6.58. The lowest BCUT2D eigenvalue weighted by Crippen LogP contribution is -2.24. The average molecular weight is 325 g/mol. The molecule has 0 spiro atoms. The van der Waals surface area contributed by atoms with Crippen LogP contribution in [0.4, 0.5) is 0 Å². The Morgan fingerprint density at radius 1 is 1.21 bits per heavy atom. The molecule has 3 nitrogen and oxygen atoms in total. The summed E-state index contributed by atoms with van der Waals surface area (Å²) in [5.41, 5.74) is 0.709. The number of rotatable bonds is 4. The number of aliphatic carboxylic acids is 1. The standard InChI is InChI=1S/C15H17BrO3/c16-13-6-4-11(5-7-13)14(17)9-10-2-1-3-12(8-10)15(18)19/h4-7,10,12H,1-3,8-9H2,(H,18,19)/t10-,12+/m1/s1. The van der Waals surface area contributed by atoms with Crippen molar-refractivity contribution < 1.29 is 14.7 Å². The second-order valence-corrected chi connectivity index (χ2v) is 6.12. The van der Waals surface area contributed by atoms with Gasteiger partial charge in [0.15, 0.2) is 5.78 Å². The highest BCUT2D eigenvalue weighted by Gasteiger charge is 2.28. The molecule has 1 fully saturated rings. The Balaban J connectivity index is 1.95. The second kappa shape index (κ2) is 6.33. The maximum absolute atomic E-state index is 12.1. The van der Waals surface area contributed by atoms with E-state index >= 15 is 0 Å². The van der Waals surface area contributed by atoms with Crippen LogP contribution in [-0.2, 0) is 4.79 Å². The summed E-state index contributed by atoms with van der Waals surface area (Å²) < 4.78 is 0.952. The summed E-state index contributed by atoms with van der Waals surface area (Å²) in [4.78, 5) is 23.1. The van der Waals surface area contributed by atoms with Gasteiger partial charge < -0.3 is 5.11 Å². The van der Waals surface area contributed by atoms with Crippen LogP contribution in [-0.4, -0.2) is 16.9 Å². The van der Waals surface area contributed by atoms with E-state index in [1.807, 2.05) is 24.3 Å². The van der Waals surface area contributed by atoms with E-state index < -0.39 is 5.97 Å². The van der Waals surface area contributed by atoms with Gasteiger partial charge in [0.25, 0.3) is 0 Å². The molecule has 2 atom stereocenters. The predicted octanol–water partition coefficient (Wildman–Crippen LogP) is 3.91. The van der Waals surface area contributed by atoms with Gasteiger partial charge in [0.05, 0.1) is 5.92 Å². The molecule has 0 unspecified atom stereocenters. The van der Waals surface area contributed by atoms with Gasteiger partial charge in [-0.15, -0.1) is 0 Å². The van der Waals surface area contributed by atoms with E-state index in [9.17, 15) is 9.59 Å². The largest absolute Gasteiger partial charge is 0.481 e. The Labute approximate surface area is 121 Å². The number of carboxylic acid groups (broad SMARTS) is 1. The van der Waals surface area contributed by atoms with Crippen molar-refractivity contribution in [2.45, 2.75) is 32.1 Å². The van der Waals surface area contributed by atoms with Crippen LogP contribution in [0.1, 0.15) is 42.5 Å². The normalized spacial score (nSPS) is 23.0. The quantitative estimate of drug-likeness (QED) is 0.854. The lowest BCUT2D eigenvalue weighted by atomic mass is 9.78. The number of halogens is 1. The van der Waals surface area contributed by atoms with Crippen molar-refractivity contribution in [3.05, 3.63) is 34.3 Å². The summed E-state index contributed by atoms with van der Waals surface area (Å²) >= 11 is 3.34. The van der Waals surface area contributed by atoms with E-state index in [4.69, 9.17) is 5.11 Å². The van der Waals surface area contributed by atoms with Crippen LogP contribution >= 0.6 is 15.9 Å². The van der Waals surface area contributed by atoms with Crippen molar-refractivity contribution in [3.63, 3.8) is 0 Å². The molecule has 102 valence electrons. The van der Waals surface area contributed by atoms with Gasteiger partial charge in [-0.2, -0.15) is 0 Å². The molecule has 1 aliphatic carbocycles. The van der Waals surface area contributed by atoms with Gasteiger partial charge in [-0.1, -0.05) is 34.5 Å². The second-order valence-electron chi connectivity index (χ2n) is 5.20. The van der Waals surface area contributed by atoms with Crippen LogP contribution in [0.2, 0.25) is 0 Å². The van der Waals surface area contributed by atoms with Gasteiger partial charge >= 0.3 is 5.97 Å². The number of carboxylic acids is 1. The predicted molar refractivity (Wildman–Crippen MR) is 76.2 cm³/mol. The minimum Gasteiger partial charge on any atom is -0.481 e. The zero-order valence-corrected chi connectivity index (χ0v) is 12.2. The molecule has 0 radical (unpaired) electrons. The van der Waals surface area contributed by atoms with Crippen LogP contribution < -0.4 is 0 Å². The molecule has 4 heteroatoms. The molecule has 0 bridgehead atoms. The maximum Gasteiger partial charge on any atom is 0.306 e. The molecule has 1 aliphatic rings. The Morgan fingerprint density at radius 3 is 2.53 bits per heavy atom. The smallest absolute Gasteiger partial charge is 0.306 e. The molecule has 1 N–H and O–H groups in total. The van der Waals surface area contributed by atoms with Gasteiger partial charge in [-0.3, -0.25) is 9.59 Å². The molecule has 0 amide bonds. The third-order valence-corrected chi connectivity index (χ3v) is 4.30. The van der Waals surface area contributed by atoms with Crippen LogP contribution in [0.3, 0.4) is 0 Å². The van der Waals surface area contributed by atoms with Crippen molar-refractivity contribution in [1.29, 1.82) is 0 Å². The Hall–Kier alpha value is -1.16. The summed E-state index contributed by atoms with van der Waals surface area (Å²) in [6.45, 7) is 0. The van der Waals surface area contributed by atoms with Crippen molar-refractivity contribution in [3.8, 4) is 0 Å². The van der Waals surface area contributed by atoms with E-state index in [0.29, 0.717) is 18.4 Å². The molecule has 1 saturated carbocycles. The number of benzene rings is 1.